The van der Waals surface area contributed by atoms with Crippen LogP contribution < -0.4 is 5.32 Å². The van der Waals surface area contributed by atoms with Gasteiger partial charge in [-0.1, -0.05) is 18.2 Å². The molecule has 1 aromatic carbocycles. The fourth-order valence-corrected chi connectivity index (χ4v) is 3.76. The van der Waals surface area contributed by atoms with Crippen molar-refractivity contribution in [2.45, 2.75) is 51.2 Å². The summed E-state index contributed by atoms with van der Waals surface area (Å²) in [6, 6.07) is 6.54. The van der Waals surface area contributed by atoms with Crippen LogP contribution in [0, 0.1) is 0 Å². The van der Waals surface area contributed by atoms with Gasteiger partial charge in [-0.2, -0.15) is 0 Å². The molecule has 0 saturated heterocycles. The first-order valence-electron chi connectivity index (χ1n) is 9.42. The van der Waals surface area contributed by atoms with Crippen LogP contribution in [0.15, 0.2) is 41.9 Å². The molecule has 4 rings (SSSR count). The van der Waals surface area contributed by atoms with E-state index in [9.17, 15) is 4.79 Å². The Labute approximate surface area is 164 Å². The number of nitrogens with one attached hydrogen (secondary N) is 1. The Bertz CT molecular complexity index is 921. The number of alkyl carbamates (subject to hydrolysis) is 1. The highest BCUT2D eigenvalue weighted by atomic mass is 16.6. The number of aromatic nitrogens is 2. The zero-order chi connectivity index (χ0) is 19.8. The Hall–Kier alpha value is -2.96. The summed E-state index contributed by atoms with van der Waals surface area (Å²) >= 11 is 0. The van der Waals surface area contributed by atoms with Crippen LogP contribution in [0.2, 0.25) is 0 Å². The van der Waals surface area contributed by atoms with Crippen LogP contribution in [0.3, 0.4) is 0 Å². The standard InChI is InChI=1S/C21H24N4O3/c1-20(2,3)28-19(26)24-18-25-21(12-27-18)8-7-17-14(9-21)5-4-6-16(17)15-10-22-13-23-11-15/h4-6,10-11,13H,7-9,12H2,1-3H3,(H,24,25,26). The van der Waals surface area contributed by atoms with Crippen molar-refractivity contribution >= 4 is 12.1 Å². The fraction of sp³-hybridized carbons (Fsp3) is 0.429. The van der Waals surface area contributed by atoms with Crippen molar-refractivity contribution in [3.05, 3.63) is 48.0 Å². The third kappa shape index (κ3) is 3.83. The number of nitrogens with zero attached hydrogens (tertiary/aromatic N) is 3. The number of ether oxygens (including phenoxy) is 2. The molecule has 146 valence electrons. The maximum Gasteiger partial charge on any atom is 0.415 e. The van der Waals surface area contributed by atoms with Gasteiger partial charge in [-0.25, -0.2) is 25.1 Å². The van der Waals surface area contributed by atoms with E-state index in [1.165, 1.54) is 23.0 Å². The Morgan fingerprint density at radius 3 is 2.79 bits per heavy atom. The van der Waals surface area contributed by atoms with Crippen molar-refractivity contribution in [3.63, 3.8) is 0 Å². The summed E-state index contributed by atoms with van der Waals surface area (Å²) in [6.45, 7) is 5.91. The number of carbonyl (C=O) groups excluding carboxylic acids is 1. The Balaban J connectivity index is 1.53. The number of hydrogen-bond acceptors (Lipinski definition) is 6. The average molecular weight is 380 g/mol. The van der Waals surface area contributed by atoms with E-state index in [-0.39, 0.29) is 11.6 Å². The lowest BCUT2D eigenvalue weighted by atomic mass is 9.77. The lowest BCUT2D eigenvalue weighted by Crippen LogP contribution is -2.36. The number of hydrogen-bond donors (Lipinski definition) is 1. The number of benzene rings is 1. The van der Waals surface area contributed by atoms with Gasteiger partial charge in [-0.05, 0) is 50.3 Å². The van der Waals surface area contributed by atoms with E-state index in [0.717, 1.165) is 24.8 Å². The van der Waals surface area contributed by atoms with Crippen LogP contribution in [0.1, 0.15) is 38.3 Å². The minimum absolute atomic E-state index is 0.241. The first-order chi connectivity index (χ1) is 13.3. The number of amides is 1. The molecule has 0 bridgehead atoms. The number of fused-ring (bicyclic) bond motifs is 1. The predicted molar refractivity (Wildman–Crippen MR) is 105 cm³/mol. The minimum atomic E-state index is -0.567. The number of carbonyl (C=O) groups is 1. The van der Waals surface area contributed by atoms with Gasteiger partial charge in [0.2, 0.25) is 0 Å². The van der Waals surface area contributed by atoms with Gasteiger partial charge in [0.05, 0.1) is 0 Å². The van der Waals surface area contributed by atoms with Gasteiger partial charge in [-0.3, -0.25) is 0 Å². The highest BCUT2D eigenvalue weighted by molar-refractivity contribution is 5.91. The summed E-state index contributed by atoms with van der Waals surface area (Å²) in [4.78, 5) is 25.0. The first kappa shape index (κ1) is 18.4. The van der Waals surface area contributed by atoms with E-state index >= 15 is 0 Å². The Morgan fingerprint density at radius 1 is 1.25 bits per heavy atom. The van der Waals surface area contributed by atoms with E-state index in [1.54, 1.807) is 0 Å². The molecule has 28 heavy (non-hydrogen) atoms. The molecular formula is C21H24N4O3. The third-order valence-electron chi connectivity index (χ3n) is 4.93. The molecule has 2 aliphatic rings. The largest absolute Gasteiger partial charge is 0.462 e. The van der Waals surface area contributed by atoms with Gasteiger partial charge in [0.1, 0.15) is 24.1 Å². The molecule has 1 aromatic heterocycles. The quantitative estimate of drug-likeness (QED) is 0.820. The molecule has 7 heteroatoms. The summed E-state index contributed by atoms with van der Waals surface area (Å²) in [5.41, 5.74) is 3.84. The lowest BCUT2D eigenvalue weighted by Gasteiger charge is -2.31. The second-order valence-electron chi connectivity index (χ2n) is 8.30. The SMILES string of the molecule is CC(C)(C)OC(=O)NC1=NC2(CCc3c(cccc3-c3cncnc3)C2)CO1. The maximum absolute atomic E-state index is 12.0. The van der Waals surface area contributed by atoms with Gasteiger partial charge in [0, 0.05) is 24.4 Å². The second-order valence-corrected chi connectivity index (χ2v) is 8.30. The van der Waals surface area contributed by atoms with Crippen molar-refractivity contribution in [1.29, 1.82) is 0 Å². The molecule has 2 heterocycles. The molecule has 7 nitrogen and oxygen atoms in total. The van der Waals surface area contributed by atoms with E-state index < -0.39 is 11.7 Å². The predicted octanol–water partition coefficient (Wildman–Crippen LogP) is 3.28. The normalized spacial score (nSPS) is 20.9. The monoisotopic (exact) mass is 380 g/mol. The summed E-state index contributed by atoms with van der Waals surface area (Å²) in [5.74, 6) is 0. The van der Waals surface area contributed by atoms with Crippen LogP contribution in [-0.4, -0.2) is 39.8 Å². The molecule has 1 unspecified atom stereocenters. The van der Waals surface area contributed by atoms with Crippen molar-refractivity contribution < 1.29 is 14.3 Å². The highest BCUT2D eigenvalue weighted by Gasteiger charge is 2.41. The van der Waals surface area contributed by atoms with Crippen molar-refractivity contribution in [1.82, 2.24) is 15.3 Å². The van der Waals surface area contributed by atoms with Crippen LogP contribution in [0.5, 0.6) is 0 Å². The maximum atomic E-state index is 12.0. The Kier molecular flexibility index (Phi) is 4.53. The van der Waals surface area contributed by atoms with Gasteiger partial charge in [0.25, 0.3) is 6.02 Å². The van der Waals surface area contributed by atoms with Crippen LogP contribution in [-0.2, 0) is 22.3 Å². The molecule has 0 fully saturated rings. The smallest absolute Gasteiger partial charge is 0.415 e. The summed E-state index contributed by atoms with van der Waals surface area (Å²) < 4.78 is 11.0. The highest BCUT2D eigenvalue weighted by Crippen LogP contribution is 2.38. The molecule has 2 aromatic rings. The van der Waals surface area contributed by atoms with Crippen LogP contribution in [0.25, 0.3) is 11.1 Å². The average Bonchev–Trinajstić information content (AvgIpc) is 3.01. The molecule has 1 aliphatic carbocycles. The zero-order valence-corrected chi connectivity index (χ0v) is 16.4. The number of aliphatic imine (C=N–C) groups is 1. The van der Waals surface area contributed by atoms with E-state index in [0.29, 0.717) is 6.61 Å². The molecule has 1 aliphatic heterocycles. The third-order valence-corrected chi connectivity index (χ3v) is 4.93. The zero-order valence-electron chi connectivity index (χ0n) is 16.4. The van der Waals surface area contributed by atoms with E-state index in [4.69, 9.17) is 14.5 Å². The van der Waals surface area contributed by atoms with Gasteiger partial charge in [0.15, 0.2) is 0 Å². The summed E-state index contributed by atoms with van der Waals surface area (Å²) in [7, 11) is 0. The number of rotatable bonds is 1. The van der Waals surface area contributed by atoms with Crippen molar-refractivity contribution in [2.75, 3.05) is 6.61 Å². The van der Waals surface area contributed by atoms with Crippen molar-refractivity contribution in [2.24, 2.45) is 4.99 Å². The van der Waals surface area contributed by atoms with Crippen LogP contribution >= 0.6 is 0 Å². The van der Waals surface area contributed by atoms with Crippen molar-refractivity contribution in [3.8, 4) is 11.1 Å². The van der Waals surface area contributed by atoms with Gasteiger partial charge < -0.3 is 9.47 Å². The molecule has 0 saturated carbocycles. The van der Waals surface area contributed by atoms with E-state index in [1.807, 2.05) is 33.2 Å². The fourth-order valence-electron chi connectivity index (χ4n) is 3.76. The molecular weight excluding hydrogens is 356 g/mol. The summed E-state index contributed by atoms with van der Waals surface area (Å²) in [6.07, 6.45) is 7.17. The molecule has 1 atom stereocenters. The minimum Gasteiger partial charge on any atom is -0.462 e. The van der Waals surface area contributed by atoms with E-state index in [2.05, 4.69) is 33.5 Å². The topological polar surface area (TPSA) is 85.7 Å². The Morgan fingerprint density at radius 2 is 2.04 bits per heavy atom. The van der Waals surface area contributed by atoms with Gasteiger partial charge >= 0.3 is 6.09 Å². The second kappa shape index (κ2) is 6.89. The first-order valence-corrected chi connectivity index (χ1v) is 9.42. The van der Waals surface area contributed by atoms with Gasteiger partial charge in [-0.15, -0.1) is 0 Å². The summed E-state index contributed by atoms with van der Waals surface area (Å²) in [5, 5.41) is 2.62. The molecule has 1 spiro atoms. The molecule has 1 amide bonds. The molecule has 1 N–H and O–H groups in total. The number of amidine groups is 1. The van der Waals surface area contributed by atoms with Crippen LogP contribution in [0.4, 0.5) is 4.79 Å². The lowest BCUT2D eigenvalue weighted by molar-refractivity contribution is 0.0550. The molecule has 0 radical (unpaired) electrons.